The van der Waals surface area contributed by atoms with Crippen LogP contribution < -0.4 is 25.0 Å². The van der Waals surface area contributed by atoms with Gasteiger partial charge >= 0.3 is 0 Å². The van der Waals surface area contributed by atoms with Crippen molar-refractivity contribution < 1.29 is 14.2 Å². The molecule has 3 rings (SSSR count). The van der Waals surface area contributed by atoms with Gasteiger partial charge in [-0.25, -0.2) is 4.98 Å². The molecule has 1 aliphatic heterocycles. The third-order valence-corrected chi connectivity index (χ3v) is 5.21. The highest BCUT2D eigenvalue weighted by Gasteiger charge is 2.17. The van der Waals surface area contributed by atoms with E-state index >= 15 is 0 Å². The summed E-state index contributed by atoms with van der Waals surface area (Å²) in [6, 6.07) is 10.1. The minimum atomic E-state index is 0.241. The SMILES string of the molecule is CN=C(NCCc1ccc(OC)c(OC)c1)NCc1ccc(N2CCOC(C)C2)nc1. The molecule has 31 heavy (non-hydrogen) atoms. The third kappa shape index (κ3) is 6.49. The maximum absolute atomic E-state index is 5.60. The van der Waals surface area contributed by atoms with E-state index in [0.717, 1.165) is 67.1 Å². The van der Waals surface area contributed by atoms with Crippen molar-refractivity contribution in [1.29, 1.82) is 0 Å². The van der Waals surface area contributed by atoms with Gasteiger partial charge in [-0.05, 0) is 42.7 Å². The Balaban J connectivity index is 1.45. The van der Waals surface area contributed by atoms with Crippen molar-refractivity contribution in [2.24, 2.45) is 4.99 Å². The number of ether oxygens (including phenoxy) is 3. The zero-order valence-electron chi connectivity index (χ0n) is 18.9. The predicted molar refractivity (Wildman–Crippen MR) is 123 cm³/mol. The minimum Gasteiger partial charge on any atom is -0.493 e. The molecule has 0 aliphatic carbocycles. The molecule has 0 bridgehead atoms. The smallest absolute Gasteiger partial charge is 0.191 e. The highest BCUT2D eigenvalue weighted by molar-refractivity contribution is 5.79. The molecule has 1 aromatic heterocycles. The van der Waals surface area contributed by atoms with Gasteiger partial charge in [-0.2, -0.15) is 0 Å². The monoisotopic (exact) mass is 427 g/mol. The Morgan fingerprint density at radius 2 is 1.97 bits per heavy atom. The fraction of sp³-hybridized carbons (Fsp3) is 0.478. The van der Waals surface area contributed by atoms with Crippen molar-refractivity contribution in [3.05, 3.63) is 47.7 Å². The second-order valence-corrected chi connectivity index (χ2v) is 7.44. The molecular formula is C23H33N5O3. The average Bonchev–Trinajstić information content (AvgIpc) is 2.81. The van der Waals surface area contributed by atoms with Crippen LogP contribution in [0.1, 0.15) is 18.1 Å². The van der Waals surface area contributed by atoms with Gasteiger partial charge in [0, 0.05) is 39.4 Å². The van der Waals surface area contributed by atoms with Crippen LogP contribution in [0.4, 0.5) is 5.82 Å². The topological polar surface area (TPSA) is 80.2 Å². The Kier molecular flexibility index (Phi) is 8.35. The molecule has 1 fully saturated rings. The first-order valence-electron chi connectivity index (χ1n) is 10.6. The van der Waals surface area contributed by atoms with Crippen LogP contribution in [-0.4, -0.2) is 64.6 Å². The van der Waals surface area contributed by atoms with E-state index in [1.165, 1.54) is 0 Å². The van der Waals surface area contributed by atoms with Crippen LogP contribution in [0.2, 0.25) is 0 Å². The van der Waals surface area contributed by atoms with Crippen molar-refractivity contribution in [1.82, 2.24) is 15.6 Å². The van der Waals surface area contributed by atoms with Gasteiger partial charge in [-0.15, -0.1) is 0 Å². The molecule has 0 amide bonds. The van der Waals surface area contributed by atoms with E-state index in [9.17, 15) is 0 Å². The molecule has 2 N–H and O–H groups in total. The van der Waals surface area contributed by atoms with E-state index < -0.39 is 0 Å². The standard InChI is InChI=1S/C23H33N5O3/c1-17-16-28(11-12-31-17)22-8-6-19(14-26-22)15-27-23(24-2)25-10-9-18-5-7-20(29-3)21(13-18)30-4/h5-8,13-14,17H,9-12,15-16H2,1-4H3,(H2,24,25,27). The highest BCUT2D eigenvalue weighted by Crippen LogP contribution is 2.27. The van der Waals surface area contributed by atoms with Crippen LogP contribution in [-0.2, 0) is 17.7 Å². The number of benzene rings is 1. The second-order valence-electron chi connectivity index (χ2n) is 7.44. The molecule has 1 aromatic carbocycles. The van der Waals surface area contributed by atoms with E-state index in [2.05, 4.69) is 44.6 Å². The number of nitrogens with zero attached hydrogens (tertiary/aromatic N) is 3. The zero-order chi connectivity index (χ0) is 22.1. The highest BCUT2D eigenvalue weighted by atomic mass is 16.5. The van der Waals surface area contributed by atoms with Crippen LogP contribution >= 0.6 is 0 Å². The van der Waals surface area contributed by atoms with Crippen molar-refractivity contribution in [3.8, 4) is 11.5 Å². The van der Waals surface area contributed by atoms with Crippen molar-refractivity contribution in [2.75, 3.05) is 52.4 Å². The summed E-state index contributed by atoms with van der Waals surface area (Å²) in [7, 11) is 5.06. The summed E-state index contributed by atoms with van der Waals surface area (Å²) < 4.78 is 16.3. The number of nitrogens with one attached hydrogen (secondary N) is 2. The third-order valence-electron chi connectivity index (χ3n) is 5.21. The van der Waals surface area contributed by atoms with Gasteiger partial charge in [0.25, 0.3) is 0 Å². The number of hydrogen-bond acceptors (Lipinski definition) is 6. The molecule has 0 spiro atoms. The fourth-order valence-electron chi connectivity index (χ4n) is 3.50. The molecule has 2 aromatic rings. The lowest BCUT2D eigenvalue weighted by atomic mass is 10.1. The molecule has 0 saturated carbocycles. The molecule has 1 unspecified atom stereocenters. The summed E-state index contributed by atoms with van der Waals surface area (Å²) in [6.45, 7) is 6.00. The number of anilines is 1. The number of hydrogen-bond donors (Lipinski definition) is 2. The van der Waals surface area contributed by atoms with Crippen LogP contribution in [0, 0.1) is 0 Å². The van der Waals surface area contributed by atoms with Gasteiger partial charge in [0.15, 0.2) is 17.5 Å². The Morgan fingerprint density at radius 1 is 1.16 bits per heavy atom. The van der Waals surface area contributed by atoms with E-state index in [4.69, 9.17) is 14.2 Å². The summed E-state index contributed by atoms with van der Waals surface area (Å²) in [5, 5.41) is 6.69. The zero-order valence-corrected chi connectivity index (χ0v) is 18.9. The van der Waals surface area contributed by atoms with Crippen molar-refractivity contribution >= 4 is 11.8 Å². The molecule has 1 atom stereocenters. The minimum absolute atomic E-state index is 0.241. The fourth-order valence-corrected chi connectivity index (χ4v) is 3.50. The molecule has 0 radical (unpaired) electrons. The molecular weight excluding hydrogens is 394 g/mol. The average molecular weight is 428 g/mol. The van der Waals surface area contributed by atoms with Crippen molar-refractivity contribution in [2.45, 2.75) is 26.0 Å². The van der Waals surface area contributed by atoms with Crippen LogP contribution in [0.15, 0.2) is 41.5 Å². The maximum Gasteiger partial charge on any atom is 0.191 e. The second kappa shape index (κ2) is 11.4. The number of rotatable bonds is 8. The van der Waals surface area contributed by atoms with Gasteiger partial charge in [-0.3, -0.25) is 4.99 Å². The Hall–Kier alpha value is -3.00. The summed E-state index contributed by atoms with van der Waals surface area (Å²) in [5.41, 5.74) is 2.27. The first-order valence-corrected chi connectivity index (χ1v) is 10.6. The van der Waals surface area contributed by atoms with Gasteiger partial charge in [0.1, 0.15) is 5.82 Å². The summed E-state index contributed by atoms with van der Waals surface area (Å²) in [5.74, 6) is 3.23. The van der Waals surface area contributed by atoms with Crippen LogP contribution in [0.3, 0.4) is 0 Å². The molecule has 8 heteroatoms. The Labute approximate surface area is 184 Å². The Bertz CT molecular complexity index is 857. The van der Waals surface area contributed by atoms with Gasteiger partial charge in [0.05, 0.1) is 26.9 Å². The number of aromatic nitrogens is 1. The largest absolute Gasteiger partial charge is 0.493 e. The normalized spacial score (nSPS) is 16.7. The number of aliphatic imine (C=N–C) groups is 1. The van der Waals surface area contributed by atoms with Crippen LogP contribution in [0.5, 0.6) is 11.5 Å². The molecule has 1 saturated heterocycles. The number of methoxy groups -OCH3 is 2. The van der Waals surface area contributed by atoms with E-state index in [-0.39, 0.29) is 6.10 Å². The van der Waals surface area contributed by atoms with E-state index in [1.807, 2.05) is 24.4 Å². The van der Waals surface area contributed by atoms with Gasteiger partial charge < -0.3 is 29.7 Å². The number of guanidine groups is 1. The summed E-state index contributed by atoms with van der Waals surface area (Å²) >= 11 is 0. The quantitative estimate of drug-likeness (QED) is 0.494. The lowest BCUT2D eigenvalue weighted by Gasteiger charge is -2.32. The van der Waals surface area contributed by atoms with Gasteiger partial charge in [0.2, 0.25) is 0 Å². The summed E-state index contributed by atoms with van der Waals surface area (Å²) in [4.78, 5) is 11.2. The first kappa shape index (κ1) is 22.7. The lowest BCUT2D eigenvalue weighted by Crippen LogP contribution is -2.41. The van der Waals surface area contributed by atoms with Crippen LogP contribution in [0.25, 0.3) is 0 Å². The number of pyridine rings is 1. The van der Waals surface area contributed by atoms with Gasteiger partial charge in [-0.1, -0.05) is 12.1 Å². The molecule has 1 aliphatic rings. The predicted octanol–water partition coefficient (Wildman–Crippen LogP) is 2.23. The lowest BCUT2D eigenvalue weighted by molar-refractivity contribution is 0.0529. The molecule has 2 heterocycles. The maximum atomic E-state index is 5.60. The van der Waals surface area contributed by atoms with E-state index in [1.54, 1.807) is 21.3 Å². The molecule has 168 valence electrons. The molecule has 8 nitrogen and oxygen atoms in total. The van der Waals surface area contributed by atoms with E-state index in [0.29, 0.717) is 6.54 Å². The number of morpholine rings is 1. The Morgan fingerprint density at radius 3 is 2.65 bits per heavy atom. The summed E-state index contributed by atoms with van der Waals surface area (Å²) in [6.07, 6.45) is 3.00. The van der Waals surface area contributed by atoms with Crippen molar-refractivity contribution in [3.63, 3.8) is 0 Å². The first-order chi connectivity index (χ1) is 15.1.